The van der Waals surface area contributed by atoms with Crippen LogP contribution in [0.3, 0.4) is 0 Å². The molecule has 0 fully saturated rings. The number of benzene rings is 2. The predicted octanol–water partition coefficient (Wildman–Crippen LogP) is 3.32. The molecule has 0 aliphatic heterocycles. The van der Waals surface area contributed by atoms with Crippen molar-refractivity contribution in [1.29, 1.82) is 0 Å². The molecule has 0 amide bonds. The molecule has 0 aliphatic carbocycles. The Bertz CT molecular complexity index is 757. The lowest BCUT2D eigenvalue weighted by Gasteiger charge is -2.24. The van der Waals surface area contributed by atoms with Crippen LogP contribution in [0.15, 0.2) is 48.5 Å². The molecule has 0 aliphatic rings. The zero-order chi connectivity index (χ0) is 17.1. The van der Waals surface area contributed by atoms with Gasteiger partial charge >= 0.3 is 0 Å². The lowest BCUT2D eigenvalue weighted by molar-refractivity contribution is 0.0627. The lowest BCUT2D eigenvalue weighted by atomic mass is 9.97. The van der Waals surface area contributed by atoms with E-state index >= 15 is 0 Å². The van der Waals surface area contributed by atoms with Crippen LogP contribution in [0.5, 0.6) is 0 Å². The maximum atomic E-state index is 12.1. The van der Waals surface area contributed by atoms with Gasteiger partial charge in [-0.05, 0) is 42.3 Å². The van der Waals surface area contributed by atoms with Crippen molar-refractivity contribution in [3.8, 4) is 0 Å². The largest absolute Gasteiger partial charge is 0.384 e. The summed E-state index contributed by atoms with van der Waals surface area (Å²) in [4.78, 5) is 0. The molecule has 23 heavy (non-hydrogen) atoms. The van der Waals surface area contributed by atoms with E-state index in [2.05, 4.69) is 4.72 Å². The molecule has 7 heteroatoms. The number of hydrogen-bond acceptors (Lipinski definition) is 3. The average molecular weight is 374 g/mol. The van der Waals surface area contributed by atoms with E-state index in [9.17, 15) is 13.5 Å². The standard InChI is InChI=1S/C16H17Cl2NO3S/c1-16(20,13-4-8-15(18)9-5-13)11-19-23(21,22)10-12-2-6-14(17)7-3-12/h2-9,19-20H,10-11H2,1H3. The van der Waals surface area contributed by atoms with Gasteiger partial charge in [-0.15, -0.1) is 0 Å². The maximum Gasteiger partial charge on any atom is 0.215 e. The van der Waals surface area contributed by atoms with Crippen molar-refractivity contribution in [1.82, 2.24) is 4.72 Å². The highest BCUT2D eigenvalue weighted by Crippen LogP contribution is 2.22. The number of sulfonamides is 1. The van der Waals surface area contributed by atoms with Crippen LogP contribution < -0.4 is 4.72 Å². The minimum atomic E-state index is -3.58. The van der Waals surface area contributed by atoms with Gasteiger partial charge in [0.2, 0.25) is 10.0 Å². The van der Waals surface area contributed by atoms with E-state index in [1.165, 1.54) is 0 Å². The smallest absolute Gasteiger partial charge is 0.215 e. The van der Waals surface area contributed by atoms with Gasteiger partial charge in [-0.2, -0.15) is 0 Å². The average Bonchev–Trinajstić information content (AvgIpc) is 2.48. The highest BCUT2D eigenvalue weighted by atomic mass is 35.5. The zero-order valence-electron chi connectivity index (χ0n) is 12.5. The van der Waals surface area contributed by atoms with Crippen molar-refractivity contribution < 1.29 is 13.5 Å². The monoisotopic (exact) mass is 373 g/mol. The normalized spacial score (nSPS) is 14.4. The molecule has 2 aromatic rings. The van der Waals surface area contributed by atoms with Crippen molar-refractivity contribution >= 4 is 33.2 Å². The Balaban J connectivity index is 2.03. The van der Waals surface area contributed by atoms with E-state index in [0.717, 1.165) is 0 Å². The van der Waals surface area contributed by atoms with Crippen LogP contribution in [-0.2, 0) is 21.4 Å². The van der Waals surface area contributed by atoms with Gasteiger partial charge in [-0.25, -0.2) is 13.1 Å². The van der Waals surface area contributed by atoms with Gasteiger partial charge in [0.05, 0.1) is 5.75 Å². The van der Waals surface area contributed by atoms with Crippen molar-refractivity contribution in [3.63, 3.8) is 0 Å². The first-order valence-corrected chi connectivity index (χ1v) is 9.29. The third-order valence-corrected chi connectivity index (χ3v) is 5.17. The Morgan fingerprint density at radius 1 is 1.00 bits per heavy atom. The van der Waals surface area contributed by atoms with Crippen LogP contribution in [0, 0.1) is 0 Å². The molecule has 4 nitrogen and oxygen atoms in total. The Morgan fingerprint density at radius 3 is 2.00 bits per heavy atom. The summed E-state index contributed by atoms with van der Waals surface area (Å²) in [5.74, 6) is -0.180. The van der Waals surface area contributed by atoms with Gasteiger partial charge in [0, 0.05) is 16.6 Å². The second kappa shape index (κ2) is 7.20. The summed E-state index contributed by atoms with van der Waals surface area (Å²) in [7, 11) is -3.58. The summed E-state index contributed by atoms with van der Waals surface area (Å²) in [5.41, 5.74) is -0.137. The third-order valence-electron chi connectivity index (χ3n) is 3.37. The van der Waals surface area contributed by atoms with Crippen molar-refractivity contribution in [2.45, 2.75) is 18.3 Å². The summed E-state index contributed by atoms with van der Waals surface area (Å²) >= 11 is 11.6. The molecule has 0 heterocycles. The minimum absolute atomic E-state index is 0.134. The summed E-state index contributed by atoms with van der Waals surface area (Å²) in [6.45, 7) is 1.41. The maximum absolute atomic E-state index is 12.1. The number of halogens is 2. The van der Waals surface area contributed by atoms with E-state index in [4.69, 9.17) is 23.2 Å². The van der Waals surface area contributed by atoms with Gasteiger partial charge in [-0.1, -0.05) is 47.5 Å². The lowest BCUT2D eigenvalue weighted by Crippen LogP contribution is -2.39. The number of nitrogens with one attached hydrogen (secondary N) is 1. The van der Waals surface area contributed by atoms with Crippen LogP contribution in [0.1, 0.15) is 18.1 Å². The fourth-order valence-corrected chi connectivity index (χ4v) is 3.50. The highest BCUT2D eigenvalue weighted by molar-refractivity contribution is 7.88. The SMILES string of the molecule is CC(O)(CNS(=O)(=O)Cc1ccc(Cl)cc1)c1ccc(Cl)cc1. The molecule has 1 atom stereocenters. The molecule has 0 saturated heterocycles. The number of hydrogen-bond donors (Lipinski definition) is 2. The Labute approximate surface area is 146 Å². The Kier molecular flexibility index (Phi) is 5.70. The van der Waals surface area contributed by atoms with Crippen LogP contribution in [0.2, 0.25) is 10.0 Å². The van der Waals surface area contributed by atoms with E-state index in [1.54, 1.807) is 55.5 Å². The molecule has 0 spiro atoms. The first-order valence-electron chi connectivity index (χ1n) is 6.88. The topological polar surface area (TPSA) is 66.4 Å². The molecule has 2 rings (SSSR count). The molecule has 0 bridgehead atoms. The fraction of sp³-hybridized carbons (Fsp3) is 0.250. The molecule has 0 radical (unpaired) electrons. The zero-order valence-corrected chi connectivity index (χ0v) is 14.8. The highest BCUT2D eigenvalue weighted by Gasteiger charge is 2.25. The van der Waals surface area contributed by atoms with Crippen LogP contribution >= 0.6 is 23.2 Å². The molecule has 2 N–H and O–H groups in total. The summed E-state index contributed by atoms with van der Waals surface area (Å²) in [6.07, 6.45) is 0. The molecule has 124 valence electrons. The van der Waals surface area contributed by atoms with E-state index in [1.807, 2.05) is 0 Å². The molecule has 0 aromatic heterocycles. The number of aliphatic hydroxyl groups is 1. The molecule has 2 aromatic carbocycles. The number of rotatable bonds is 6. The van der Waals surface area contributed by atoms with E-state index < -0.39 is 15.6 Å². The summed E-state index contributed by atoms with van der Waals surface area (Å²) in [6, 6.07) is 13.2. The first-order chi connectivity index (χ1) is 10.7. The Morgan fingerprint density at radius 2 is 1.48 bits per heavy atom. The third kappa shape index (κ3) is 5.48. The first kappa shape index (κ1) is 18.2. The van der Waals surface area contributed by atoms with Crippen molar-refractivity contribution in [3.05, 3.63) is 69.7 Å². The molecular weight excluding hydrogens is 357 g/mol. The van der Waals surface area contributed by atoms with Gasteiger partial charge < -0.3 is 5.11 Å². The van der Waals surface area contributed by atoms with Gasteiger partial charge in [0.15, 0.2) is 0 Å². The van der Waals surface area contributed by atoms with Crippen LogP contribution in [-0.4, -0.2) is 20.1 Å². The quantitative estimate of drug-likeness (QED) is 0.815. The van der Waals surface area contributed by atoms with E-state index in [0.29, 0.717) is 21.2 Å². The molecular formula is C16H17Cl2NO3S. The van der Waals surface area contributed by atoms with Gasteiger partial charge in [-0.3, -0.25) is 0 Å². The minimum Gasteiger partial charge on any atom is -0.384 e. The van der Waals surface area contributed by atoms with E-state index in [-0.39, 0.29) is 12.3 Å². The van der Waals surface area contributed by atoms with Gasteiger partial charge in [0.1, 0.15) is 5.60 Å². The fourth-order valence-electron chi connectivity index (χ4n) is 2.01. The van der Waals surface area contributed by atoms with Crippen molar-refractivity contribution in [2.24, 2.45) is 0 Å². The predicted molar refractivity (Wildman–Crippen MR) is 93.1 cm³/mol. The molecule has 0 saturated carbocycles. The second-order valence-corrected chi connectivity index (χ2v) is 8.17. The van der Waals surface area contributed by atoms with Crippen LogP contribution in [0.25, 0.3) is 0 Å². The summed E-state index contributed by atoms with van der Waals surface area (Å²) < 4.78 is 26.7. The second-order valence-electron chi connectivity index (χ2n) is 5.49. The van der Waals surface area contributed by atoms with Crippen LogP contribution in [0.4, 0.5) is 0 Å². The van der Waals surface area contributed by atoms with Crippen molar-refractivity contribution in [2.75, 3.05) is 6.54 Å². The van der Waals surface area contributed by atoms with Gasteiger partial charge in [0.25, 0.3) is 0 Å². The summed E-state index contributed by atoms with van der Waals surface area (Å²) in [5, 5.41) is 11.6. The Hall–Kier alpha value is -1.11. The molecule has 1 unspecified atom stereocenters.